The lowest BCUT2D eigenvalue weighted by Gasteiger charge is -2.38. The van der Waals surface area contributed by atoms with Crippen LogP contribution in [0, 0.1) is 10.1 Å². The van der Waals surface area contributed by atoms with Gasteiger partial charge in [-0.15, -0.1) is 0 Å². The van der Waals surface area contributed by atoms with Crippen LogP contribution in [0.1, 0.15) is 19.3 Å². The molecule has 2 fully saturated rings. The van der Waals surface area contributed by atoms with Gasteiger partial charge in [0.25, 0.3) is 0 Å². The van der Waals surface area contributed by atoms with E-state index in [4.69, 9.17) is 9.47 Å². The van der Waals surface area contributed by atoms with E-state index in [9.17, 15) is 10.1 Å². The summed E-state index contributed by atoms with van der Waals surface area (Å²) in [5, 5.41) is 10.8. The van der Waals surface area contributed by atoms with Crippen LogP contribution in [0.15, 0.2) is 0 Å². The summed E-state index contributed by atoms with van der Waals surface area (Å²) in [6, 6.07) is 0. The summed E-state index contributed by atoms with van der Waals surface area (Å²) in [6.07, 6.45) is 3.77. The molecule has 2 saturated heterocycles. The highest BCUT2D eigenvalue weighted by molar-refractivity contribution is 9.10. The Balaban J connectivity index is 1.87. The van der Waals surface area contributed by atoms with Crippen molar-refractivity contribution in [3.8, 4) is 0 Å². The first-order chi connectivity index (χ1) is 7.62. The second-order valence-electron chi connectivity index (χ2n) is 4.20. The van der Waals surface area contributed by atoms with E-state index < -0.39 is 4.45 Å². The molecule has 94 valence electrons. The fourth-order valence-corrected chi connectivity index (χ4v) is 4.67. The molecule has 0 bridgehead atoms. The Morgan fingerprint density at radius 3 is 2.31 bits per heavy atom. The number of hydrogen-bond acceptors (Lipinski definition) is 4. The van der Waals surface area contributed by atoms with Crippen molar-refractivity contribution in [1.29, 1.82) is 0 Å². The maximum absolute atomic E-state index is 10.8. The maximum Gasteiger partial charge on any atom is 0.320 e. The van der Waals surface area contributed by atoms with E-state index in [1.54, 1.807) is 0 Å². The summed E-state index contributed by atoms with van der Waals surface area (Å²) in [5.74, 6) is 2.35. The Morgan fingerprint density at radius 2 is 1.81 bits per heavy atom. The molecule has 0 saturated carbocycles. The summed E-state index contributed by atoms with van der Waals surface area (Å²) in [5.41, 5.74) is -0.180. The molecule has 0 aromatic rings. The smallest absolute Gasteiger partial charge is 0.320 e. The number of nitro groups is 1. The van der Waals surface area contributed by atoms with Crippen LogP contribution < -0.4 is 0 Å². The molecule has 7 heteroatoms. The van der Waals surface area contributed by atoms with Gasteiger partial charge in [-0.3, -0.25) is 10.1 Å². The average molecular weight is 314 g/mol. The zero-order valence-electron chi connectivity index (χ0n) is 8.93. The van der Waals surface area contributed by atoms with Gasteiger partial charge < -0.3 is 9.47 Å². The zero-order chi connectivity index (χ0) is 11.6. The van der Waals surface area contributed by atoms with Crippen LogP contribution in [-0.4, -0.2) is 39.7 Å². The topological polar surface area (TPSA) is 61.6 Å². The van der Waals surface area contributed by atoms with Crippen LogP contribution in [-0.2, 0) is 9.47 Å². The van der Waals surface area contributed by atoms with Gasteiger partial charge in [0, 0.05) is 20.9 Å². The molecule has 2 aliphatic rings. The van der Waals surface area contributed by atoms with Crippen molar-refractivity contribution in [3.63, 3.8) is 0 Å². The molecule has 0 N–H and O–H groups in total. The molecule has 0 radical (unpaired) electrons. The number of halogens is 1. The van der Waals surface area contributed by atoms with Crippen molar-refractivity contribution >= 4 is 26.8 Å². The molecule has 0 aromatic heterocycles. The summed E-state index contributed by atoms with van der Waals surface area (Å²) in [4.78, 5) is 10.4. The Morgan fingerprint density at radius 1 is 1.25 bits per heavy atom. The van der Waals surface area contributed by atoms with E-state index in [1.165, 1.54) is 30.8 Å². The van der Waals surface area contributed by atoms with Crippen molar-refractivity contribution in [3.05, 3.63) is 10.1 Å². The van der Waals surface area contributed by atoms with Crippen molar-refractivity contribution in [2.45, 2.75) is 29.3 Å². The van der Waals surface area contributed by atoms with Crippen LogP contribution in [0.5, 0.6) is 0 Å². The summed E-state index contributed by atoms with van der Waals surface area (Å²) < 4.78 is 9.78. The highest BCUT2D eigenvalue weighted by Crippen LogP contribution is 2.42. The van der Waals surface area contributed by atoms with Gasteiger partial charge >= 0.3 is 4.45 Å². The van der Waals surface area contributed by atoms with E-state index in [-0.39, 0.29) is 34.7 Å². The molecular weight excluding hydrogens is 298 g/mol. The Kier molecular flexibility index (Phi) is 4.10. The molecule has 0 spiro atoms. The zero-order valence-corrected chi connectivity index (χ0v) is 11.4. The molecular formula is C9H16BrNO4S. The van der Waals surface area contributed by atoms with Gasteiger partial charge in [-0.25, -0.2) is 10.9 Å². The van der Waals surface area contributed by atoms with Crippen molar-refractivity contribution in [2.24, 2.45) is 0 Å². The van der Waals surface area contributed by atoms with Crippen LogP contribution in [0.4, 0.5) is 0 Å². The van der Waals surface area contributed by atoms with Crippen molar-refractivity contribution in [1.82, 2.24) is 0 Å². The highest BCUT2D eigenvalue weighted by Gasteiger charge is 2.46. The number of hydrogen-bond donors (Lipinski definition) is 1. The minimum absolute atomic E-state index is 0.101. The third kappa shape index (κ3) is 2.69. The van der Waals surface area contributed by atoms with Gasteiger partial charge in [0.05, 0.1) is 0 Å². The minimum atomic E-state index is -1.24. The van der Waals surface area contributed by atoms with Crippen LogP contribution >= 0.6 is 26.8 Å². The lowest BCUT2D eigenvalue weighted by molar-refractivity contribution is -0.554. The monoisotopic (exact) mass is 313 g/mol. The fourth-order valence-electron chi connectivity index (χ4n) is 1.93. The second kappa shape index (κ2) is 5.20. The quantitative estimate of drug-likeness (QED) is 0.278. The second-order valence-corrected chi connectivity index (χ2v) is 8.17. The van der Waals surface area contributed by atoms with Crippen LogP contribution in [0.25, 0.3) is 0 Å². The molecule has 16 heavy (non-hydrogen) atoms. The van der Waals surface area contributed by atoms with Crippen LogP contribution in [0.2, 0.25) is 0 Å². The van der Waals surface area contributed by atoms with Crippen LogP contribution in [0.3, 0.4) is 0 Å². The normalized spacial score (nSPS) is 38.3. The molecule has 2 heterocycles. The lowest BCUT2D eigenvalue weighted by atomic mass is 10.3. The van der Waals surface area contributed by atoms with Gasteiger partial charge in [0.2, 0.25) is 0 Å². The molecule has 0 amide bonds. The molecule has 2 aliphatic heterocycles. The first kappa shape index (κ1) is 12.6. The predicted molar refractivity (Wildman–Crippen MR) is 66.9 cm³/mol. The maximum atomic E-state index is 10.8. The third-order valence-corrected chi connectivity index (χ3v) is 6.33. The molecule has 0 unspecified atom stereocenters. The minimum Gasteiger partial charge on any atom is -0.336 e. The van der Waals surface area contributed by atoms with Gasteiger partial charge in [-0.1, -0.05) is 6.42 Å². The average Bonchev–Trinajstić information content (AvgIpc) is 2.31. The number of thiol groups is 1. The number of alkyl halides is 1. The van der Waals surface area contributed by atoms with Gasteiger partial charge in [0.1, 0.15) is 13.2 Å². The highest BCUT2D eigenvalue weighted by atomic mass is 79.9. The van der Waals surface area contributed by atoms with E-state index in [0.717, 1.165) is 0 Å². The van der Waals surface area contributed by atoms with Crippen molar-refractivity contribution in [2.75, 3.05) is 24.7 Å². The Hall–Kier alpha value is 0.150. The van der Waals surface area contributed by atoms with E-state index in [1.807, 2.05) is 0 Å². The predicted octanol–water partition coefficient (Wildman–Crippen LogP) is 1.87. The standard InChI is InChI=1S/C9H16BrNO4S/c10-9(11(12)13)6-14-8(15-7-9)16-4-2-1-3-5-16/h8,16H,1-7H2. The number of rotatable bonds is 2. The third-order valence-electron chi connectivity index (χ3n) is 2.91. The summed E-state index contributed by atoms with van der Waals surface area (Å²) in [7, 11) is -0.238. The first-order valence-corrected chi connectivity index (χ1v) is 8.00. The van der Waals surface area contributed by atoms with E-state index in [2.05, 4.69) is 15.9 Å². The molecule has 0 aliphatic carbocycles. The lowest BCUT2D eigenvalue weighted by Crippen LogP contribution is -2.48. The van der Waals surface area contributed by atoms with Gasteiger partial charge in [-0.2, -0.15) is 0 Å². The van der Waals surface area contributed by atoms with Gasteiger partial charge in [0.15, 0.2) is 5.62 Å². The number of ether oxygens (including phenoxy) is 2. The summed E-state index contributed by atoms with van der Waals surface area (Å²) in [6.45, 7) is 0.201. The molecule has 0 aromatic carbocycles. The molecule has 0 atom stereocenters. The van der Waals surface area contributed by atoms with E-state index >= 15 is 0 Å². The number of nitrogens with zero attached hydrogens (tertiary/aromatic N) is 1. The first-order valence-electron chi connectivity index (χ1n) is 5.42. The van der Waals surface area contributed by atoms with E-state index in [0.29, 0.717) is 0 Å². The largest absolute Gasteiger partial charge is 0.336 e. The van der Waals surface area contributed by atoms with Crippen molar-refractivity contribution < 1.29 is 14.4 Å². The van der Waals surface area contributed by atoms with Gasteiger partial charge in [-0.05, 0) is 24.3 Å². The molecule has 2 rings (SSSR count). The SMILES string of the molecule is O=[N+]([O-])C1(Br)COC([SH]2CCCCC2)OC1. The Bertz CT molecular complexity index is 264. The fraction of sp³-hybridized carbons (Fsp3) is 1.00. The summed E-state index contributed by atoms with van der Waals surface area (Å²) >= 11 is 3.07. The Labute approximate surface area is 105 Å². The molecule has 5 nitrogen and oxygen atoms in total.